The van der Waals surface area contributed by atoms with Gasteiger partial charge in [0.15, 0.2) is 0 Å². The van der Waals surface area contributed by atoms with Gasteiger partial charge in [-0.15, -0.1) is 0 Å². The SMILES string of the molecule is FC(F)(CC(F)(C(F)(F)F)C(F)(F)F)OC(F)(F)CC(F)(C(F)(F)F)C(F)(F)F. The molecule has 0 saturated heterocycles. The van der Waals surface area contributed by atoms with Crippen LogP contribution in [0.2, 0.25) is 0 Å². The van der Waals surface area contributed by atoms with E-state index in [1.807, 2.05) is 4.74 Å². The van der Waals surface area contributed by atoms with Crippen molar-refractivity contribution in [3.63, 3.8) is 0 Å². The van der Waals surface area contributed by atoms with Crippen molar-refractivity contribution < 1.29 is 83.8 Å². The molecule has 0 aromatic rings. The fourth-order valence-corrected chi connectivity index (χ4v) is 1.58. The molecule has 1 nitrogen and oxygen atoms in total. The first kappa shape index (κ1) is 27.7. The normalized spacial score (nSPS) is 16.3. The Kier molecular flexibility index (Phi) is 6.82. The molecule has 0 radical (unpaired) electrons. The molecule has 0 heterocycles. The minimum absolute atomic E-state index is 1.85. The van der Waals surface area contributed by atoms with Crippen molar-refractivity contribution in [2.45, 2.75) is 61.1 Å². The Morgan fingerprint density at radius 1 is 0.345 bits per heavy atom. The first-order chi connectivity index (χ1) is 12.1. The Morgan fingerprint density at radius 3 is 0.655 bits per heavy atom. The smallest absolute Gasteiger partial charge is 0.255 e. The molecule has 0 saturated carbocycles. The third-order valence-corrected chi connectivity index (χ3v) is 2.99. The Hall–Kier alpha value is -1.30. The lowest BCUT2D eigenvalue weighted by Crippen LogP contribution is -2.59. The van der Waals surface area contributed by atoms with Crippen LogP contribution in [0.1, 0.15) is 12.8 Å². The fourth-order valence-electron chi connectivity index (χ4n) is 1.58. The van der Waals surface area contributed by atoms with E-state index >= 15 is 0 Å². The molecule has 176 valence electrons. The number of rotatable bonds is 6. The molecule has 0 spiro atoms. The van der Waals surface area contributed by atoms with Gasteiger partial charge in [0.05, 0.1) is 12.8 Å². The lowest BCUT2D eigenvalue weighted by Gasteiger charge is -2.36. The van der Waals surface area contributed by atoms with Crippen molar-refractivity contribution in [2.75, 3.05) is 0 Å². The molecule has 19 heteroatoms. The molecule has 0 fully saturated rings. The van der Waals surface area contributed by atoms with Gasteiger partial charge in [0.2, 0.25) is 0 Å². The topological polar surface area (TPSA) is 9.23 Å². The number of hydrogen-bond acceptors (Lipinski definition) is 1. The molecule has 0 aromatic heterocycles. The standard InChI is InChI=1S/C10H4F18O/c11-3(7(17,18)19,8(20,21)22)1-5(13,14)29-6(15,16)2-4(12,9(23,24)25)10(26,27)28/h1-2H2. The third kappa shape index (κ3) is 5.87. The summed E-state index contributed by atoms with van der Waals surface area (Å²) in [6.45, 7) is 0. The zero-order valence-electron chi connectivity index (χ0n) is 12.6. The van der Waals surface area contributed by atoms with Crippen molar-refractivity contribution in [2.24, 2.45) is 0 Å². The summed E-state index contributed by atoms with van der Waals surface area (Å²) in [5.41, 5.74) is -13.9. The van der Waals surface area contributed by atoms with Gasteiger partial charge in [0.1, 0.15) is 0 Å². The summed E-state index contributed by atoms with van der Waals surface area (Å²) in [5.74, 6) is 0. The lowest BCUT2D eigenvalue weighted by atomic mass is 9.98. The van der Waals surface area contributed by atoms with E-state index < -0.39 is 61.1 Å². The fraction of sp³-hybridized carbons (Fsp3) is 1.00. The van der Waals surface area contributed by atoms with Crippen LogP contribution >= 0.6 is 0 Å². The lowest BCUT2D eigenvalue weighted by molar-refractivity contribution is -0.434. The Balaban J connectivity index is 5.93. The van der Waals surface area contributed by atoms with Crippen molar-refractivity contribution in [1.29, 1.82) is 0 Å². The molecule has 0 bridgehead atoms. The molecule has 0 aliphatic carbocycles. The Morgan fingerprint density at radius 2 is 0.517 bits per heavy atom. The van der Waals surface area contributed by atoms with Crippen LogP contribution in [0.15, 0.2) is 0 Å². The van der Waals surface area contributed by atoms with Gasteiger partial charge in [0, 0.05) is 0 Å². The molecule has 29 heavy (non-hydrogen) atoms. The largest absolute Gasteiger partial charge is 0.431 e. The van der Waals surface area contributed by atoms with Gasteiger partial charge in [-0.25, -0.2) is 8.78 Å². The number of ether oxygens (including phenoxy) is 1. The summed E-state index contributed by atoms with van der Waals surface area (Å²) in [5, 5.41) is 0. The molecule has 0 N–H and O–H groups in total. The molecule has 0 unspecified atom stereocenters. The molecular formula is C10H4F18O. The quantitative estimate of drug-likeness (QED) is 0.386. The number of halogens is 18. The highest BCUT2D eigenvalue weighted by Gasteiger charge is 2.78. The van der Waals surface area contributed by atoms with Gasteiger partial charge in [-0.3, -0.25) is 4.74 Å². The minimum atomic E-state index is -7.25. The summed E-state index contributed by atoms with van der Waals surface area (Å²) in [6, 6.07) is 0. The predicted octanol–water partition coefficient (Wildman–Crippen LogP) is 6.63. The van der Waals surface area contributed by atoms with E-state index in [9.17, 15) is 79.0 Å². The zero-order chi connectivity index (χ0) is 24.1. The average Bonchev–Trinajstić information content (AvgIpc) is 2.29. The van der Waals surface area contributed by atoms with Gasteiger partial charge in [-0.05, 0) is 0 Å². The van der Waals surface area contributed by atoms with E-state index in [1.54, 1.807) is 0 Å². The van der Waals surface area contributed by atoms with Crippen molar-refractivity contribution in [3.8, 4) is 0 Å². The summed E-state index contributed by atoms with van der Waals surface area (Å²) in [7, 11) is 0. The highest BCUT2D eigenvalue weighted by molar-refractivity contribution is 4.98. The van der Waals surface area contributed by atoms with Crippen LogP contribution in [0.5, 0.6) is 0 Å². The molecule has 0 rings (SSSR count). The number of hydrogen-bond donors (Lipinski definition) is 0. The van der Waals surface area contributed by atoms with Crippen molar-refractivity contribution in [1.82, 2.24) is 0 Å². The highest BCUT2D eigenvalue weighted by Crippen LogP contribution is 2.55. The summed E-state index contributed by atoms with van der Waals surface area (Å²) >= 11 is 0. The van der Waals surface area contributed by atoms with Crippen LogP contribution in [0, 0.1) is 0 Å². The van der Waals surface area contributed by atoms with Crippen LogP contribution in [0.4, 0.5) is 79.0 Å². The molecule has 0 aromatic carbocycles. The molecule has 0 atom stereocenters. The van der Waals surface area contributed by atoms with Gasteiger partial charge >= 0.3 is 48.3 Å². The van der Waals surface area contributed by atoms with Crippen LogP contribution < -0.4 is 0 Å². The number of alkyl halides is 18. The van der Waals surface area contributed by atoms with Crippen LogP contribution in [0.25, 0.3) is 0 Å². The van der Waals surface area contributed by atoms with E-state index in [2.05, 4.69) is 0 Å². The monoisotopic (exact) mass is 482 g/mol. The Labute approximate surface area is 146 Å². The highest BCUT2D eigenvalue weighted by atomic mass is 19.4. The molecule has 0 aliphatic heterocycles. The molecule has 0 aliphatic rings. The van der Waals surface area contributed by atoms with E-state index in [1.165, 1.54) is 0 Å². The predicted molar refractivity (Wildman–Crippen MR) is 52.1 cm³/mol. The van der Waals surface area contributed by atoms with Crippen LogP contribution in [-0.2, 0) is 4.74 Å². The maximum Gasteiger partial charge on any atom is 0.431 e. The van der Waals surface area contributed by atoms with E-state index in [-0.39, 0.29) is 0 Å². The first-order valence-corrected chi connectivity index (χ1v) is 6.22. The van der Waals surface area contributed by atoms with E-state index in [0.29, 0.717) is 0 Å². The first-order valence-electron chi connectivity index (χ1n) is 6.22. The maximum atomic E-state index is 13.1. The Bertz CT molecular complexity index is 483. The van der Waals surface area contributed by atoms with Crippen molar-refractivity contribution >= 4 is 0 Å². The van der Waals surface area contributed by atoms with Crippen LogP contribution in [0.3, 0.4) is 0 Å². The van der Waals surface area contributed by atoms with Crippen molar-refractivity contribution in [3.05, 3.63) is 0 Å². The van der Waals surface area contributed by atoms with E-state index in [4.69, 9.17) is 0 Å². The van der Waals surface area contributed by atoms with Gasteiger partial charge < -0.3 is 0 Å². The molecular weight excluding hydrogens is 478 g/mol. The summed E-state index contributed by atoms with van der Waals surface area (Å²) < 4.78 is 226. The van der Waals surface area contributed by atoms with Gasteiger partial charge in [0.25, 0.3) is 0 Å². The minimum Gasteiger partial charge on any atom is -0.255 e. The zero-order valence-corrected chi connectivity index (χ0v) is 12.6. The second-order valence-corrected chi connectivity index (χ2v) is 5.32. The maximum absolute atomic E-state index is 13.1. The van der Waals surface area contributed by atoms with Gasteiger partial charge in [-0.1, -0.05) is 0 Å². The summed E-state index contributed by atoms with van der Waals surface area (Å²) in [4.78, 5) is 0. The van der Waals surface area contributed by atoms with Crippen LogP contribution in [-0.4, -0.2) is 48.3 Å². The second-order valence-electron chi connectivity index (χ2n) is 5.32. The van der Waals surface area contributed by atoms with Gasteiger partial charge in [-0.2, -0.15) is 70.2 Å². The average molecular weight is 482 g/mol. The van der Waals surface area contributed by atoms with E-state index in [0.717, 1.165) is 0 Å². The molecule has 0 amide bonds. The third-order valence-electron chi connectivity index (χ3n) is 2.99. The summed E-state index contributed by atoms with van der Waals surface area (Å²) in [6.07, 6.45) is -51.1. The second kappa shape index (κ2) is 7.14.